The van der Waals surface area contributed by atoms with E-state index in [0.29, 0.717) is 24.2 Å². The van der Waals surface area contributed by atoms with Crippen LogP contribution < -0.4 is 10.1 Å². The predicted molar refractivity (Wildman–Crippen MR) is 71.9 cm³/mol. The van der Waals surface area contributed by atoms with Gasteiger partial charge < -0.3 is 14.5 Å². The predicted octanol–water partition coefficient (Wildman–Crippen LogP) is 1.06. The molecular formula is C12H13N7O2. The summed E-state index contributed by atoms with van der Waals surface area (Å²) in [6.45, 7) is 2.86. The Balaban J connectivity index is 1.84. The molecule has 0 amide bonds. The van der Waals surface area contributed by atoms with Gasteiger partial charge in [0.2, 0.25) is 5.95 Å². The van der Waals surface area contributed by atoms with Gasteiger partial charge in [-0.15, -0.1) is 0 Å². The second kappa shape index (κ2) is 5.99. The third kappa shape index (κ3) is 3.14. The van der Waals surface area contributed by atoms with E-state index >= 15 is 0 Å². The molecule has 9 nitrogen and oxygen atoms in total. The molecule has 9 heteroatoms. The van der Waals surface area contributed by atoms with Gasteiger partial charge >= 0.3 is 6.01 Å². The van der Waals surface area contributed by atoms with Crippen molar-refractivity contribution in [1.29, 1.82) is 0 Å². The highest BCUT2D eigenvalue weighted by molar-refractivity contribution is 5.29. The standard InChI is InChI=1S/C12H13N7O2/c1-2-14-10-16-11(19-8-13-7-15-19)18-12(17-10)21-6-9-4-3-5-20-9/h3-5,7-8H,2,6H2,1H3,(H,14,16,17,18). The number of anilines is 1. The van der Waals surface area contributed by atoms with Gasteiger partial charge in [0.25, 0.3) is 5.95 Å². The summed E-state index contributed by atoms with van der Waals surface area (Å²) in [4.78, 5) is 16.5. The molecule has 0 fully saturated rings. The number of nitrogens with one attached hydrogen (secondary N) is 1. The quantitative estimate of drug-likeness (QED) is 0.717. The van der Waals surface area contributed by atoms with Crippen molar-refractivity contribution in [2.75, 3.05) is 11.9 Å². The summed E-state index contributed by atoms with van der Waals surface area (Å²) < 4.78 is 12.1. The Bertz CT molecular complexity index is 682. The molecule has 3 aromatic rings. The van der Waals surface area contributed by atoms with E-state index in [1.54, 1.807) is 12.3 Å². The average molecular weight is 287 g/mol. The molecule has 0 aliphatic heterocycles. The Morgan fingerprint density at radius 1 is 1.33 bits per heavy atom. The first-order chi connectivity index (χ1) is 10.3. The van der Waals surface area contributed by atoms with Gasteiger partial charge in [0, 0.05) is 6.54 Å². The summed E-state index contributed by atoms with van der Waals surface area (Å²) in [5.74, 6) is 1.42. The van der Waals surface area contributed by atoms with Crippen LogP contribution in [0.2, 0.25) is 0 Å². The Kier molecular flexibility index (Phi) is 3.72. The summed E-state index contributed by atoms with van der Waals surface area (Å²) >= 11 is 0. The second-order valence-corrected chi connectivity index (χ2v) is 3.98. The number of hydrogen-bond donors (Lipinski definition) is 1. The van der Waals surface area contributed by atoms with Crippen LogP contribution in [0.1, 0.15) is 12.7 Å². The molecule has 0 aliphatic rings. The molecular weight excluding hydrogens is 274 g/mol. The monoisotopic (exact) mass is 287 g/mol. The number of hydrogen-bond acceptors (Lipinski definition) is 8. The topological polar surface area (TPSA) is 104 Å². The third-order valence-electron chi connectivity index (χ3n) is 2.49. The maximum atomic E-state index is 5.52. The van der Waals surface area contributed by atoms with Gasteiger partial charge in [-0.3, -0.25) is 0 Å². The Morgan fingerprint density at radius 2 is 2.29 bits per heavy atom. The molecule has 0 radical (unpaired) electrons. The van der Waals surface area contributed by atoms with Gasteiger partial charge in [0.15, 0.2) is 0 Å². The van der Waals surface area contributed by atoms with E-state index in [1.807, 2.05) is 13.0 Å². The van der Waals surface area contributed by atoms with Crippen LogP contribution in [0.5, 0.6) is 6.01 Å². The highest BCUT2D eigenvalue weighted by Crippen LogP contribution is 2.12. The number of ether oxygens (including phenoxy) is 1. The van der Waals surface area contributed by atoms with Crippen molar-refractivity contribution in [3.05, 3.63) is 36.8 Å². The maximum Gasteiger partial charge on any atom is 0.323 e. The van der Waals surface area contributed by atoms with Crippen molar-refractivity contribution in [3.8, 4) is 12.0 Å². The van der Waals surface area contributed by atoms with Gasteiger partial charge in [0.05, 0.1) is 6.26 Å². The van der Waals surface area contributed by atoms with Crippen LogP contribution in [-0.4, -0.2) is 36.3 Å². The minimum Gasteiger partial charge on any atom is -0.466 e. The number of nitrogens with zero attached hydrogens (tertiary/aromatic N) is 6. The number of aromatic nitrogens is 6. The van der Waals surface area contributed by atoms with Crippen molar-refractivity contribution < 1.29 is 9.15 Å². The van der Waals surface area contributed by atoms with Crippen molar-refractivity contribution in [2.24, 2.45) is 0 Å². The minimum atomic E-state index is 0.183. The van der Waals surface area contributed by atoms with E-state index in [4.69, 9.17) is 9.15 Å². The molecule has 3 rings (SSSR count). The Labute approximate surface area is 120 Å². The lowest BCUT2D eigenvalue weighted by atomic mass is 10.5. The summed E-state index contributed by atoms with van der Waals surface area (Å²) in [6.07, 6.45) is 4.48. The average Bonchev–Trinajstić information content (AvgIpc) is 3.19. The van der Waals surface area contributed by atoms with Crippen LogP contribution in [0.3, 0.4) is 0 Å². The van der Waals surface area contributed by atoms with E-state index in [-0.39, 0.29) is 12.6 Å². The lowest BCUT2D eigenvalue weighted by Gasteiger charge is -2.07. The van der Waals surface area contributed by atoms with E-state index in [0.717, 1.165) is 0 Å². The summed E-state index contributed by atoms with van der Waals surface area (Å²) in [7, 11) is 0. The molecule has 108 valence electrons. The maximum absolute atomic E-state index is 5.52. The molecule has 0 saturated carbocycles. The van der Waals surface area contributed by atoms with Crippen LogP contribution in [0.15, 0.2) is 35.5 Å². The Hall–Kier alpha value is -2.97. The van der Waals surface area contributed by atoms with Crippen molar-refractivity contribution in [1.82, 2.24) is 29.7 Å². The number of furan rings is 1. The molecule has 0 spiro atoms. The highest BCUT2D eigenvalue weighted by atomic mass is 16.5. The zero-order valence-electron chi connectivity index (χ0n) is 11.3. The van der Waals surface area contributed by atoms with E-state index < -0.39 is 0 Å². The fourth-order valence-corrected chi connectivity index (χ4v) is 1.59. The van der Waals surface area contributed by atoms with Gasteiger partial charge in [-0.05, 0) is 19.1 Å². The van der Waals surface area contributed by atoms with Crippen LogP contribution in [0, 0.1) is 0 Å². The van der Waals surface area contributed by atoms with Gasteiger partial charge in [-0.2, -0.15) is 24.7 Å². The van der Waals surface area contributed by atoms with Gasteiger partial charge in [-0.25, -0.2) is 4.98 Å². The van der Waals surface area contributed by atoms with Gasteiger partial charge in [0.1, 0.15) is 25.0 Å². The van der Waals surface area contributed by atoms with Crippen molar-refractivity contribution in [3.63, 3.8) is 0 Å². The summed E-state index contributed by atoms with van der Waals surface area (Å²) in [6, 6.07) is 3.78. The van der Waals surface area contributed by atoms with Crippen LogP contribution in [0.25, 0.3) is 5.95 Å². The minimum absolute atomic E-state index is 0.183. The fourth-order valence-electron chi connectivity index (χ4n) is 1.59. The van der Waals surface area contributed by atoms with E-state index in [9.17, 15) is 0 Å². The first-order valence-corrected chi connectivity index (χ1v) is 6.35. The molecule has 0 saturated heterocycles. The van der Waals surface area contributed by atoms with E-state index in [1.165, 1.54) is 17.3 Å². The zero-order chi connectivity index (χ0) is 14.5. The first-order valence-electron chi connectivity index (χ1n) is 6.35. The number of rotatable bonds is 6. The molecule has 0 aromatic carbocycles. The molecule has 21 heavy (non-hydrogen) atoms. The first kappa shape index (κ1) is 13.0. The van der Waals surface area contributed by atoms with Crippen LogP contribution in [-0.2, 0) is 6.61 Å². The van der Waals surface area contributed by atoms with Crippen molar-refractivity contribution in [2.45, 2.75) is 13.5 Å². The Morgan fingerprint density at radius 3 is 3.00 bits per heavy atom. The zero-order valence-corrected chi connectivity index (χ0v) is 11.3. The molecule has 0 aliphatic carbocycles. The third-order valence-corrected chi connectivity index (χ3v) is 2.49. The molecule has 0 unspecified atom stereocenters. The normalized spacial score (nSPS) is 10.5. The lowest BCUT2D eigenvalue weighted by molar-refractivity contribution is 0.249. The van der Waals surface area contributed by atoms with Crippen LogP contribution >= 0.6 is 0 Å². The highest BCUT2D eigenvalue weighted by Gasteiger charge is 2.10. The van der Waals surface area contributed by atoms with Crippen molar-refractivity contribution >= 4 is 5.95 Å². The fraction of sp³-hybridized carbons (Fsp3) is 0.250. The van der Waals surface area contributed by atoms with Gasteiger partial charge in [-0.1, -0.05) is 0 Å². The molecule has 3 aromatic heterocycles. The SMILES string of the molecule is CCNc1nc(OCc2ccco2)nc(-n2cncn2)n1. The largest absolute Gasteiger partial charge is 0.466 e. The summed E-state index contributed by atoms with van der Waals surface area (Å²) in [5.41, 5.74) is 0. The molecule has 1 N–H and O–H groups in total. The lowest BCUT2D eigenvalue weighted by Crippen LogP contribution is -2.11. The summed E-state index contributed by atoms with van der Waals surface area (Å²) in [5, 5.41) is 7.01. The smallest absolute Gasteiger partial charge is 0.323 e. The molecule has 0 atom stereocenters. The molecule has 0 bridgehead atoms. The second-order valence-electron chi connectivity index (χ2n) is 3.98. The van der Waals surface area contributed by atoms with E-state index in [2.05, 4.69) is 30.4 Å². The van der Waals surface area contributed by atoms with Crippen LogP contribution in [0.4, 0.5) is 5.95 Å². The molecule has 3 heterocycles.